The molecule has 0 aliphatic carbocycles. The highest BCUT2D eigenvalue weighted by Gasteiger charge is 2.14. The van der Waals surface area contributed by atoms with Gasteiger partial charge < -0.3 is 9.73 Å². The number of para-hydroxylation sites is 1. The van der Waals surface area contributed by atoms with Crippen molar-refractivity contribution in [3.05, 3.63) is 62.8 Å². The Hall–Kier alpha value is -1.68. The van der Waals surface area contributed by atoms with Crippen LogP contribution in [0, 0.1) is 6.92 Å². The molecule has 0 spiro atoms. The number of carbonyl (C=O) groups is 1. The van der Waals surface area contributed by atoms with Crippen LogP contribution in [0.3, 0.4) is 0 Å². The van der Waals surface area contributed by atoms with E-state index in [1.165, 1.54) is 0 Å². The molecule has 3 rings (SSSR count). The Bertz CT molecular complexity index is 882. The summed E-state index contributed by atoms with van der Waals surface area (Å²) in [4.78, 5) is 12.3. The van der Waals surface area contributed by atoms with Gasteiger partial charge in [-0.25, -0.2) is 0 Å². The maximum atomic E-state index is 12.3. The molecular formula is C17H12Cl3NO2. The summed E-state index contributed by atoms with van der Waals surface area (Å²) in [5.74, 6) is -0.237. The second kappa shape index (κ2) is 6.44. The molecule has 0 atom stereocenters. The van der Waals surface area contributed by atoms with Crippen LogP contribution in [0.1, 0.15) is 11.1 Å². The number of halogens is 3. The minimum atomic E-state index is -0.237. The van der Waals surface area contributed by atoms with Crippen LogP contribution in [-0.2, 0) is 11.2 Å². The van der Waals surface area contributed by atoms with Crippen molar-refractivity contribution in [2.24, 2.45) is 0 Å². The van der Waals surface area contributed by atoms with Gasteiger partial charge in [0.15, 0.2) is 0 Å². The van der Waals surface area contributed by atoms with E-state index in [1.54, 1.807) is 30.5 Å². The lowest BCUT2D eigenvalue weighted by molar-refractivity contribution is -0.115. The Morgan fingerprint density at radius 1 is 1.13 bits per heavy atom. The van der Waals surface area contributed by atoms with Gasteiger partial charge in [-0.1, -0.05) is 40.9 Å². The molecule has 118 valence electrons. The molecule has 6 heteroatoms. The summed E-state index contributed by atoms with van der Waals surface area (Å²) < 4.78 is 5.49. The van der Waals surface area contributed by atoms with Crippen LogP contribution in [0.15, 0.2) is 41.0 Å². The van der Waals surface area contributed by atoms with Crippen molar-refractivity contribution in [2.45, 2.75) is 13.3 Å². The Balaban J connectivity index is 1.85. The molecule has 0 saturated carbocycles. The van der Waals surface area contributed by atoms with E-state index < -0.39 is 0 Å². The second-order valence-electron chi connectivity index (χ2n) is 5.18. The predicted octanol–water partition coefficient (Wildman–Crippen LogP) is 5.88. The molecule has 0 fully saturated rings. The predicted molar refractivity (Wildman–Crippen MR) is 94.8 cm³/mol. The van der Waals surface area contributed by atoms with Gasteiger partial charge in [0.25, 0.3) is 0 Å². The van der Waals surface area contributed by atoms with Crippen molar-refractivity contribution in [1.82, 2.24) is 0 Å². The summed E-state index contributed by atoms with van der Waals surface area (Å²) in [5.41, 5.74) is 2.78. The number of amides is 1. The normalized spacial score (nSPS) is 11.0. The van der Waals surface area contributed by atoms with Crippen molar-refractivity contribution in [1.29, 1.82) is 0 Å². The van der Waals surface area contributed by atoms with Gasteiger partial charge in [0.05, 0.1) is 28.4 Å². The maximum absolute atomic E-state index is 12.3. The largest absolute Gasteiger partial charge is 0.464 e. The topological polar surface area (TPSA) is 42.2 Å². The van der Waals surface area contributed by atoms with E-state index in [9.17, 15) is 4.79 Å². The number of nitrogens with one attached hydrogen (secondary N) is 1. The third kappa shape index (κ3) is 3.32. The first kappa shape index (κ1) is 16.2. The Kier molecular flexibility index (Phi) is 4.53. The van der Waals surface area contributed by atoms with Crippen molar-refractivity contribution < 1.29 is 9.21 Å². The van der Waals surface area contributed by atoms with Gasteiger partial charge in [0, 0.05) is 16.0 Å². The van der Waals surface area contributed by atoms with E-state index in [0.717, 1.165) is 16.5 Å². The van der Waals surface area contributed by atoms with Crippen LogP contribution in [0.5, 0.6) is 0 Å². The maximum Gasteiger partial charge on any atom is 0.229 e. The average Bonchev–Trinajstić information content (AvgIpc) is 2.86. The fraction of sp³-hybridized carbons (Fsp3) is 0.118. The van der Waals surface area contributed by atoms with E-state index in [1.807, 2.05) is 13.0 Å². The molecule has 1 heterocycles. The molecule has 3 aromatic rings. The van der Waals surface area contributed by atoms with Gasteiger partial charge in [-0.2, -0.15) is 0 Å². The number of aryl methyl sites for hydroxylation is 1. The van der Waals surface area contributed by atoms with Crippen molar-refractivity contribution >= 4 is 57.4 Å². The zero-order valence-corrected chi connectivity index (χ0v) is 14.4. The van der Waals surface area contributed by atoms with E-state index in [-0.39, 0.29) is 12.3 Å². The molecule has 1 aromatic heterocycles. The highest BCUT2D eigenvalue weighted by atomic mass is 35.5. The molecule has 1 amide bonds. The fourth-order valence-electron chi connectivity index (χ4n) is 2.31. The highest BCUT2D eigenvalue weighted by molar-refractivity contribution is 6.39. The molecule has 0 unspecified atom stereocenters. The second-order valence-corrected chi connectivity index (χ2v) is 6.40. The van der Waals surface area contributed by atoms with E-state index in [2.05, 4.69) is 5.32 Å². The monoisotopic (exact) mass is 367 g/mol. The minimum Gasteiger partial charge on any atom is -0.464 e. The number of fused-ring (bicyclic) bond motifs is 1. The van der Waals surface area contributed by atoms with E-state index in [0.29, 0.717) is 26.3 Å². The Morgan fingerprint density at radius 3 is 2.52 bits per heavy atom. The van der Waals surface area contributed by atoms with Crippen molar-refractivity contribution in [2.75, 3.05) is 5.32 Å². The van der Waals surface area contributed by atoms with E-state index in [4.69, 9.17) is 39.2 Å². The lowest BCUT2D eigenvalue weighted by Crippen LogP contribution is -2.14. The molecule has 3 nitrogen and oxygen atoms in total. The van der Waals surface area contributed by atoms with Crippen LogP contribution < -0.4 is 5.32 Å². The quantitative estimate of drug-likeness (QED) is 0.627. The van der Waals surface area contributed by atoms with Gasteiger partial charge >= 0.3 is 0 Å². The Morgan fingerprint density at radius 2 is 1.83 bits per heavy atom. The standard InChI is InChI=1S/C17H12Cl3NO2/c1-9-5-15-11(7-14(9)20)10(8-23-15)6-16(22)21-17-12(18)3-2-4-13(17)19/h2-5,7-8H,6H2,1H3,(H,21,22). The summed E-state index contributed by atoms with van der Waals surface area (Å²) in [5, 5.41) is 4.97. The highest BCUT2D eigenvalue weighted by Crippen LogP contribution is 2.31. The van der Waals surface area contributed by atoms with E-state index >= 15 is 0 Å². The van der Waals surface area contributed by atoms with Crippen LogP contribution in [-0.4, -0.2) is 5.91 Å². The van der Waals surface area contributed by atoms with Gasteiger partial charge in [-0.15, -0.1) is 0 Å². The third-order valence-electron chi connectivity index (χ3n) is 3.51. The number of carbonyl (C=O) groups excluding carboxylic acids is 1. The molecule has 0 aliphatic heterocycles. The zero-order valence-electron chi connectivity index (χ0n) is 12.1. The molecule has 1 N–H and O–H groups in total. The molecule has 0 saturated heterocycles. The van der Waals surface area contributed by atoms with Crippen LogP contribution >= 0.6 is 34.8 Å². The van der Waals surface area contributed by atoms with Gasteiger partial charge in [-0.05, 0) is 36.8 Å². The summed E-state index contributed by atoms with van der Waals surface area (Å²) in [7, 11) is 0. The summed E-state index contributed by atoms with van der Waals surface area (Å²) in [6, 6.07) is 8.71. The first-order valence-electron chi connectivity index (χ1n) is 6.86. The summed E-state index contributed by atoms with van der Waals surface area (Å²) in [6.07, 6.45) is 1.70. The lowest BCUT2D eigenvalue weighted by atomic mass is 10.1. The fourth-order valence-corrected chi connectivity index (χ4v) is 2.97. The molecular weight excluding hydrogens is 357 g/mol. The summed E-state index contributed by atoms with van der Waals surface area (Å²) >= 11 is 18.3. The number of hydrogen-bond donors (Lipinski definition) is 1. The summed E-state index contributed by atoms with van der Waals surface area (Å²) in [6.45, 7) is 1.90. The van der Waals surface area contributed by atoms with Crippen LogP contribution in [0.2, 0.25) is 15.1 Å². The number of rotatable bonds is 3. The third-order valence-corrected chi connectivity index (χ3v) is 4.55. The average molecular weight is 369 g/mol. The zero-order chi connectivity index (χ0) is 16.6. The lowest BCUT2D eigenvalue weighted by Gasteiger charge is -2.08. The number of benzene rings is 2. The number of anilines is 1. The first-order valence-corrected chi connectivity index (χ1v) is 7.99. The molecule has 0 radical (unpaired) electrons. The van der Waals surface area contributed by atoms with Crippen LogP contribution in [0.25, 0.3) is 11.0 Å². The van der Waals surface area contributed by atoms with Gasteiger partial charge in [-0.3, -0.25) is 4.79 Å². The first-order chi connectivity index (χ1) is 11.0. The van der Waals surface area contributed by atoms with Crippen molar-refractivity contribution in [3.8, 4) is 0 Å². The number of furan rings is 1. The number of hydrogen-bond acceptors (Lipinski definition) is 2. The SMILES string of the molecule is Cc1cc2occ(CC(=O)Nc3c(Cl)cccc3Cl)c2cc1Cl. The Labute approximate surface area is 148 Å². The van der Waals surface area contributed by atoms with Crippen molar-refractivity contribution in [3.63, 3.8) is 0 Å². The molecule has 23 heavy (non-hydrogen) atoms. The molecule has 0 aliphatic rings. The smallest absolute Gasteiger partial charge is 0.229 e. The van der Waals surface area contributed by atoms with Gasteiger partial charge in [0.2, 0.25) is 5.91 Å². The molecule has 2 aromatic carbocycles. The minimum absolute atomic E-state index is 0.133. The molecule has 0 bridgehead atoms. The van der Waals surface area contributed by atoms with Crippen LogP contribution in [0.4, 0.5) is 5.69 Å². The van der Waals surface area contributed by atoms with Gasteiger partial charge in [0.1, 0.15) is 5.58 Å².